The number of carbonyl (C=O) groups is 1. The minimum absolute atomic E-state index is 0.0597. The van der Waals surface area contributed by atoms with Crippen LogP contribution in [0.2, 0.25) is 0 Å². The van der Waals surface area contributed by atoms with Crippen LogP contribution in [0.25, 0.3) is 0 Å². The van der Waals surface area contributed by atoms with Crippen LogP contribution in [0.15, 0.2) is 9.34 Å². The van der Waals surface area contributed by atoms with E-state index in [1.165, 1.54) is 0 Å². The predicted molar refractivity (Wildman–Crippen MR) is 51.7 cm³/mol. The first-order chi connectivity index (χ1) is 4.92. The van der Waals surface area contributed by atoms with E-state index < -0.39 is 0 Å². The molecule has 0 fully saturated rings. The second kappa shape index (κ2) is 2.77. The van der Waals surface area contributed by atoms with E-state index in [1.807, 2.05) is 36.4 Å². The average Bonchev–Trinajstić information content (AvgIpc) is 1.81. The predicted octanol–water partition coefficient (Wildman–Crippen LogP) is 2.58. The number of allylic oxidation sites excluding steroid dienone is 2. The first kappa shape index (κ1) is 9.03. The van der Waals surface area contributed by atoms with E-state index in [9.17, 15) is 9.90 Å². The summed E-state index contributed by atoms with van der Waals surface area (Å²) in [7, 11) is 0. The number of carbonyl (C=O) groups excluding carboxylic acids is 1. The standard InChI is InChI=1S/C8H11IO2/c1-8(2)3-5(10)7(9)6(11)4-8/h10H,3-4H2,1-2H3. The van der Waals surface area contributed by atoms with Crippen molar-refractivity contribution in [1.82, 2.24) is 0 Å². The van der Waals surface area contributed by atoms with Crippen molar-refractivity contribution in [3.8, 4) is 0 Å². The molecule has 3 heteroatoms. The van der Waals surface area contributed by atoms with E-state index in [2.05, 4.69) is 0 Å². The van der Waals surface area contributed by atoms with Gasteiger partial charge in [-0.05, 0) is 28.0 Å². The summed E-state index contributed by atoms with van der Waals surface area (Å²) in [5, 5.41) is 9.34. The van der Waals surface area contributed by atoms with Gasteiger partial charge in [-0.25, -0.2) is 0 Å². The fourth-order valence-electron chi connectivity index (χ4n) is 1.27. The van der Waals surface area contributed by atoms with Crippen LogP contribution < -0.4 is 0 Å². The van der Waals surface area contributed by atoms with Crippen molar-refractivity contribution < 1.29 is 9.90 Å². The third-order valence-electron chi connectivity index (χ3n) is 1.78. The van der Waals surface area contributed by atoms with Gasteiger partial charge in [-0.3, -0.25) is 4.79 Å². The quantitative estimate of drug-likeness (QED) is 0.684. The summed E-state index contributed by atoms with van der Waals surface area (Å²) in [4.78, 5) is 11.2. The lowest BCUT2D eigenvalue weighted by Crippen LogP contribution is -2.23. The average molecular weight is 266 g/mol. The van der Waals surface area contributed by atoms with Gasteiger partial charge in [0.1, 0.15) is 5.76 Å². The summed E-state index contributed by atoms with van der Waals surface area (Å²) in [6.07, 6.45) is 1.17. The molecule has 1 N–H and O–H groups in total. The molecule has 1 aliphatic rings. The lowest BCUT2D eigenvalue weighted by molar-refractivity contribution is -0.117. The molecule has 0 aromatic heterocycles. The fraction of sp³-hybridized carbons (Fsp3) is 0.625. The zero-order valence-electron chi connectivity index (χ0n) is 6.65. The third kappa shape index (κ3) is 1.95. The second-order valence-electron chi connectivity index (χ2n) is 3.70. The number of aliphatic hydroxyl groups is 1. The van der Waals surface area contributed by atoms with Gasteiger partial charge in [-0.1, -0.05) is 13.8 Å². The molecule has 0 radical (unpaired) electrons. The summed E-state index contributed by atoms with van der Waals surface area (Å²) in [6.45, 7) is 3.98. The van der Waals surface area contributed by atoms with E-state index in [-0.39, 0.29) is 17.0 Å². The molecule has 1 rings (SSSR count). The SMILES string of the molecule is CC1(C)CC(=O)C(I)=C(O)C1. The van der Waals surface area contributed by atoms with E-state index in [4.69, 9.17) is 0 Å². The lowest BCUT2D eigenvalue weighted by Gasteiger charge is -2.27. The molecule has 0 aliphatic heterocycles. The van der Waals surface area contributed by atoms with Gasteiger partial charge in [-0.2, -0.15) is 0 Å². The molecular weight excluding hydrogens is 255 g/mol. The number of rotatable bonds is 0. The maximum Gasteiger partial charge on any atom is 0.172 e. The highest BCUT2D eigenvalue weighted by atomic mass is 127. The van der Waals surface area contributed by atoms with Crippen molar-refractivity contribution >= 4 is 28.4 Å². The van der Waals surface area contributed by atoms with Crippen LogP contribution in [0.4, 0.5) is 0 Å². The number of halogens is 1. The first-order valence-corrected chi connectivity index (χ1v) is 4.61. The molecule has 0 heterocycles. The highest BCUT2D eigenvalue weighted by Crippen LogP contribution is 2.37. The number of hydrogen-bond acceptors (Lipinski definition) is 2. The van der Waals surface area contributed by atoms with Crippen LogP contribution in [-0.4, -0.2) is 10.9 Å². The summed E-state index contributed by atoms with van der Waals surface area (Å²) >= 11 is 1.91. The van der Waals surface area contributed by atoms with E-state index >= 15 is 0 Å². The number of ketones is 1. The van der Waals surface area contributed by atoms with E-state index in [1.54, 1.807) is 0 Å². The fourth-order valence-corrected chi connectivity index (χ4v) is 1.65. The molecule has 0 spiro atoms. The van der Waals surface area contributed by atoms with Crippen molar-refractivity contribution in [3.05, 3.63) is 9.34 Å². The maximum absolute atomic E-state index is 11.2. The Balaban J connectivity index is 2.94. The number of hydrogen-bond donors (Lipinski definition) is 1. The molecule has 2 nitrogen and oxygen atoms in total. The Morgan fingerprint density at radius 2 is 2.00 bits per heavy atom. The Labute approximate surface area is 79.8 Å². The van der Waals surface area contributed by atoms with Crippen molar-refractivity contribution in [3.63, 3.8) is 0 Å². The summed E-state index contributed by atoms with van der Waals surface area (Å²) in [6, 6.07) is 0. The minimum atomic E-state index is -0.0597. The Morgan fingerprint density at radius 1 is 1.45 bits per heavy atom. The highest BCUT2D eigenvalue weighted by Gasteiger charge is 2.31. The van der Waals surface area contributed by atoms with Gasteiger partial charge in [-0.15, -0.1) is 0 Å². The zero-order valence-corrected chi connectivity index (χ0v) is 8.81. The Kier molecular flexibility index (Phi) is 2.27. The number of aliphatic hydroxyl groups excluding tert-OH is 1. The molecule has 0 unspecified atom stereocenters. The van der Waals surface area contributed by atoms with Crippen LogP contribution in [0, 0.1) is 5.41 Å². The van der Waals surface area contributed by atoms with Crippen molar-refractivity contribution in [2.75, 3.05) is 0 Å². The van der Waals surface area contributed by atoms with Crippen LogP contribution in [0.5, 0.6) is 0 Å². The molecule has 0 bridgehead atoms. The third-order valence-corrected chi connectivity index (χ3v) is 3.01. The van der Waals surface area contributed by atoms with Crippen LogP contribution in [-0.2, 0) is 4.79 Å². The molecule has 0 atom stereocenters. The van der Waals surface area contributed by atoms with Crippen LogP contribution in [0.3, 0.4) is 0 Å². The second-order valence-corrected chi connectivity index (χ2v) is 4.78. The summed E-state index contributed by atoms with van der Waals surface area (Å²) in [5.74, 6) is 0.325. The molecule has 0 aromatic rings. The van der Waals surface area contributed by atoms with Gasteiger partial charge in [0.15, 0.2) is 5.78 Å². The molecule has 62 valence electrons. The Bertz CT molecular complexity index is 228. The summed E-state index contributed by atoms with van der Waals surface area (Å²) in [5.41, 5.74) is -0.0597. The molecule has 11 heavy (non-hydrogen) atoms. The van der Waals surface area contributed by atoms with Crippen molar-refractivity contribution in [1.29, 1.82) is 0 Å². The van der Waals surface area contributed by atoms with Crippen LogP contribution in [0.1, 0.15) is 26.7 Å². The molecule has 0 saturated carbocycles. The molecule has 1 aliphatic carbocycles. The van der Waals surface area contributed by atoms with Gasteiger partial charge >= 0.3 is 0 Å². The molecular formula is C8H11IO2. The highest BCUT2D eigenvalue weighted by molar-refractivity contribution is 14.1. The van der Waals surface area contributed by atoms with Gasteiger partial charge in [0.25, 0.3) is 0 Å². The Hall–Kier alpha value is -0.0600. The molecule has 0 saturated heterocycles. The minimum Gasteiger partial charge on any atom is -0.511 e. The van der Waals surface area contributed by atoms with Gasteiger partial charge < -0.3 is 5.11 Å². The lowest BCUT2D eigenvalue weighted by atomic mass is 9.79. The van der Waals surface area contributed by atoms with Gasteiger partial charge in [0, 0.05) is 12.8 Å². The van der Waals surface area contributed by atoms with E-state index in [0.29, 0.717) is 16.4 Å². The van der Waals surface area contributed by atoms with E-state index in [0.717, 1.165) is 0 Å². The molecule has 0 amide bonds. The largest absolute Gasteiger partial charge is 0.511 e. The normalized spacial score (nSPS) is 24.1. The summed E-state index contributed by atoms with van der Waals surface area (Å²) < 4.78 is 0.516. The van der Waals surface area contributed by atoms with Crippen molar-refractivity contribution in [2.24, 2.45) is 5.41 Å². The topological polar surface area (TPSA) is 37.3 Å². The Morgan fingerprint density at radius 3 is 2.45 bits per heavy atom. The zero-order chi connectivity index (χ0) is 8.65. The van der Waals surface area contributed by atoms with Gasteiger partial charge in [0.05, 0.1) is 3.58 Å². The first-order valence-electron chi connectivity index (χ1n) is 3.53. The number of Topliss-reactive ketones (excluding diaryl/α,β-unsaturated/α-hetero) is 1. The molecule has 0 aromatic carbocycles. The van der Waals surface area contributed by atoms with Crippen LogP contribution >= 0.6 is 22.6 Å². The monoisotopic (exact) mass is 266 g/mol. The maximum atomic E-state index is 11.2. The smallest absolute Gasteiger partial charge is 0.172 e. The van der Waals surface area contributed by atoms with Crippen molar-refractivity contribution in [2.45, 2.75) is 26.7 Å². The van der Waals surface area contributed by atoms with Gasteiger partial charge in [0.2, 0.25) is 0 Å².